The Bertz CT molecular complexity index is 1130. The van der Waals surface area contributed by atoms with E-state index in [1.165, 1.54) is 43.5 Å². The van der Waals surface area contributed by atoms with Gasteiger partial charge in [0.1, 0.15) is 17.1 Å². The van der Waals surface area contributed by atoms with Gasteiger partial charge in [0.2, 0.25) is 0 Å². The first-order valence-corrected chi connectivity index (χ1v) is 17.7. The first-order valence-electron chi connectivity index (χ1n) is 16.1. The van der Waals surface area contributed by atoms with Gasteiger partial charge in [-0.25, -0.2) is 4.79 Å². The van der Waals surface area contributed by atoms with Crippen molar-refractivity contribution in [1.29, 1.82) is 0 Å². The van der Waals surface area contributed by atoms with Crippen LogP contribution in [-0.4, -0.2) is 56.0 Å². The van der Waals surface area contributed by atoms with E-state index in [9.17, 15) is 4.79 Å². The maximum absolute atomic E-state index is 12.1. The summed E-state index contributed by atoms with van der Waals surface area (Å²) >= 11 is 7.10. The fraction of sp³-hybridized carbons (Fsp3) is 0.629. The van der Waals surface area contributed by atoms with E-state index in [4.69, 9.17) is 14.2 Å². The van der Waals surface area contributed by atoms with E-state index in [1.54, 1.807) is 0 Å². The normalized spacial score (nSPS) is 15.9. The van der Waals surface area contributed by atoms with Crippen molar-refractivity contribution in [3.05, 3.63) is 56.5 Å². The number of piperidine rings is 2. The average molecular weight is 761 g/mol. The summed E-state index contributed by atoms with van der Waals surface area (Å²) in [5, 5.41) is 3.42. The summed E-state index contributed by atoms with van der Waals surface area (Å²) in [6.45, 7) is 15.4. The van der Waals surface area contributed by atoms with E-state index >= 15 is 0 Å². The Morgan fingerprint density at radius 3 is 1.70 bits per heavy atom. The van der Waals surface area contributed by atoms with Crippen LogP contribution in [0.1, 0.15) is 84.3 Å². The number of hydrogen-bond acceptors (Lipinski definition) is 5. The van der Waals surface area contributed by atoms with Gasteiger partial charge >= 0.3 is 6.09 Å². The smallest absolute Gasteiger partial charge is 0.410 e. The Morgan fingerprint density at radius 1 is 0.818 bits per heavy atom. The minimum atomic E-state index is -0.430. The Hall–Kier alpha value is -1.48. The maximum atomic E-state index is 12.1. The fourth-order valence-corrected chi connectivity index (χ4v) is 6.12. The minimum absolute atomic E-state index is 0. The number of ether oxygens (including phenoxy) is 3. The highest BCUT2D eigenvalue weighted by molar-refractivity contribution is 9.10. The molecule has 6 nitrogen and oxygen atoms in total. The molecule has 2 fully saturated rings. The Morgan fingerprint density at radius 2 is 1.27 bits per heavy atom. The topological polar surface area (TPSA) is 60.0 Å². The second-order valence-corrected chi connectivity index (χ2v) is 14.4. The molecular formula is C35H53Br2ClN2O4. The van der Waals surface area contributed by atoms with Crippen LogP contribution in [0.25, 0.3) is 0 Å². The lowest BCUT2D eigenvalue weighted by Gasteiger charge is -2.33. The molecule has 2 saturated heterocycles. The SMILES string of the molecule is CCCOc1cc(CC2CCN(C(=O)OC(C)(C)C)CC2)ccc1Br.CCCOc1cc(CC2CCNCC2)ccc1Br.Cl. The number of carbonyl (C=O) groups is 1. The lowest BCUT2D eigenvalue weighted by Crippen LogP contribution is -2.42. The average Bonchev–Trinajstić information content (AvgIpc) is 2.98. The molecule has 248 valence electrons. The number of nitrogens with zero attached hydrogens (tertiary/aromatic N) is 1. The molecule has 0 radical (unpaired) electrons. The van der Waals surface area contributed by atoms with Gasteiger partial charge in [0.25, 0.3) is 0 Å². The molecule has 1 N–H and O–H groups in total. The van der Waals surface area contributed by atoms with E-state index in [0.717, 1.165) is 84.8 Å². The standard InChI is InChI=1S/C20H30BrNO3.C15H22BrNO.ClH/c1-5-12-24-18-14-16(6-7-17(18)21)13-15-8-10-22(11-9-15)19(23)25-20(2,3)4;1-2-9-18-15-11-13(3-4-14(15)16)10-12-5-7-17-8-6-12;/h6-7,14-15H,5,8-13H2,1-4H3;3-4,11-12,17H,2,5-10H2,1H3;1H. The maximum Gasteiger partial charge on any atom is 0.410 e. The van der Waals surface area contributed by atoms with Crippen molar-refractivity contribution in [2.24, 2.45) is 11.8 Å². The summed E-state index contributed by atoms with van der Waals surface area (Å²) in [7, 11) is 0. The van der Waals surface area contributed by atoms with E-state index in [-0.39, 0.29) is 18.5 Å². The van der Waals surface area contributed by atoms with Crippen molar-refractivity contribution in [1.82, 2.24) is 10.2 Å². The van der Waals surface area contributed by atoms with Crippen LogP contribution in [0, 0.1) is 11.8 Å². The molecule has 0 saturated carbocycles. The number of hydrogen-bond donors (Lipinski definition) is 1. The molecule has 2 aliphatic rings. The quantitative estimate of drug-likeness (QED) is 0.262. The van der Waals surface area contributed by atoms with Gasteiger partial charge in [0, 0.05) is 13.1 Å². The molecule has 4 rings (SSSR count). The van der Waals surface area contributed by atoms with Gasteiger partial charge in [-0.3, -0.25) is 0 Å². The minimum Gasteiger partial charge on any atom is -0.492 e. The number of carbonyl (C=O) groups excluding carboxylic acids is 1. The Kier molecular flexibility index (Phi) is 17.5. The van der Waals surface area contributed by atoms with Gasteiger partial charge in [-0.05, 0) is 164 Å². The van der Waals surface area contributed by atoms with Crippen molar-refractivity contribution in [2.75, 3.05) is 39.4 Å². The molecule has 2 heterocycles. The van der Waals surface area contributed by atoms with Crippen LogP contribution >= 0.6 is 44.3 Å². The monoisotopic (exact) mass is 758 g/mol. The highest BCUT2D eigenvalue weighted by Crippen LogP contribution is 2.30. The molecule has 0 spiro atoms. The van der Waals surface area contributed by atoms with Gasteiger partial charge in [0.05, 0.1) is 22.2 Å². The first-order chi connectivity index (χ1) is 20.6. The molecule has 0 bridgehead atoms. The highest BCUT2D eigenvalue weighted by Gasteiger charge is 2.27. The van der Waals surface area contributed by atoms with Gasteiger partial charge in [-0.15, -0.1) is 12.4 Å². The summed E-state index contributed by atoms with van der Waals surface area (Å²) in [6.07, 6.45) is 8.67. The summed E-state index contributed by atoms with van der Waals surface area (Å²) in [4.78, 5) is 14.0. The zero-order valence-corrected chi connectivity index (χ0v) is 31.3. The van der Waals surface area contributed by atoms with Gasteiger partial charge < -0.3 is 24.4 Å². The number of likely N-dealkylation sites (tertiary alicyclic amines) is 1. The predicted octanol–water partition coefficient (Wildman–Crippen LogP) is 9.63. The summed E-state index contributed by atoms with van der Waals surface area (Å²) in [5.41, 5.74) is 2.27. The van der Waals surface area contributed by atoms with E-state index in [0.29, 0.717) is 5.92 Å². The van der Waals surface area contributed by atoms with Gasteiger partial charge in [-0.1, -0.05) is 26.0 Å². The molecule has 0 aromatic heterocycles. The first kappa shape index (κ1) is 38.7. The third-order valence-corrected chi connectivity index (χ3v) is 9.00. The lowest BCUT2D eigenvalue weighted by atomic mass is 9.90. The van der Waals surface area contributed by atoms with Crippen molar-refractivity contribution < 1.29 is 19.0 Å². The second kappa shape index (κ2) is 19.9. The number of rotatable bonds is 10. The summed E-state index contributed by atoms with van der Waals surface area (Å²) in [6, 6.07) is 12.9. The third-order valence-electron chi connectivity index (χ3n) is 7.69. The molecule has 2 aliphatic heterocycles. The van der Waals surface area contributed by atoms with Crippen molar-refractivity contribution in [3.63, 3.8) is 0 Å². The van der Waals surface area contributed by atoms with Crippen LogP contribution in [0.15, 0.2) is 45.3 Å². The van der Waals surface area contributed by atoms with Crippen LogP contribution in [0.2, 0.25) is 0 Å². The fourth-order valence-electron chi connectivity index (χ4n) is 5.39. The summed E-state index contributed by atoms with van der Waals surface area (Å²) in [5.74, 6) is 3.33. The molecule has 2 aromatic carbocycles. The molecule has 0 atom stereocenters. The van der Waals surface area contributed by atoms with Crippen molar-refractivity contribution in [2.45, 2.75) is 91.6 Å². The zero-order valence-electron chi connectivity index (χ0n) is 27.3. The summed E-state index contributed by atoms with van der Waals surface area (Å²) < 4.78 is 19.1. The Balaban J connectivity index is 0.000000315. The van der Waals surface area contributed by atoms with Gasteiger partial charge in [0.15, 0.2) is 0 Å². The molecule has 9 heteroatoms. The van der Waals surface area contributed by atoms with E-state index in [1.807, 2.05) is 25.7 Å². The Labute approximate surface area is 289 Å². The zero-order chi connectivity index (χ0) is 31.2. The van der Waals surface area contributed by atoms with Crippen LogP contribution in [0.4, 0.5) is 4.79 Å². The predicted molar refractivity (Wildman–Crippen MR) is 191 cm³/mol. The van der Waals surface area contributed by atoms with E-state index in [2.05, 4.69) is 87.4 Å². The molecule has 1 amide bonds. The van der Waals surface area contributed by atoms with Crippen LogP contribution < -0.4 is 14.8 Å². The molecule has 0 unspecified atom stereocenters. The molecule has 2 aromatic rings. The van der Waals surface area contributed by atoms with Gasteiger partial charge in [-0.2, -0.15) is 0 Å². The number of nitrogens with one attached hydrogen (secondary N) is 1. The van der Waals surface area contributed by atoms with Crippen molar-refractivity contribution in [3.8, 4) is 11.5 Å². The number of halogens is 3. The van der Waals surface area contributed by atoms with Crippen LogP contribution in [0.5, 0.6) is 11.5 Å². The molecular weight excluding hydrogens is 708 g/mol. The molecule has 44 heavy (non-hydrogen) atoms. The highest BCUT2D eigenvalue weighted by atomic mass is 79.9. The largest absolute Gasteiger partial charge is 0.492 e. The lowest BCUT2D eigenvalue weighted by molar-refractivity contribution is 0.0184. The van der Waals surface area contributed by atoms with Crippen molar-refractivity contribution >= 4 is 50.4 Å². The van der Waals surface area contributed by atoms with Crippen LogP contribution in [-0.2, 0) is 17.6 Å². The number of amides is 1. The molecule has 0 aliphatic carbocycles. The third kappa shape index (κ3) is 13.9. The second-order valence-electron chi connectivity index (χ2n) is 12.7. The van der Waals surface area contributed by atoms with Crippen LogP contribution in [0.3, 0.4) is 0 Å². The number of benzene rings is 2. The van der Waals surface area contributed by atoms with E-state index < -0.39 is 5.60 Å².